The fraction of sp³-hybridized carbons (Fsp3) is 0.833. The van der Waals surface area contributed by atoms with Gasteiger partial charge in [-0.3, -0.25) is 0 Å². The Hall–Kier alpha value is -1.13. The highest BCUT2D eigenvalue weighted by molar-refractivity contribution is 5.66. The predicted octanol–water partition coefficient (Wildman–Crippen LogP) is 6.47. The minimum absolute atomic E-state index is 0.158. The van der Waals surface area contributed by atoms with Gasteiger partial charge in [-0.05, 0) is 87.5 Å². The Morgan fingerprint density at radius 2 is 1.68 bits per heavy atom. The van der Waals surface area contributed by atoms with Crippen LogP contribution in [0.3, 0.4) is 0 Å². The van der Waals surface area contributed by atoms with Crippen LogP contribution in [0.5, 0.6) is 0 Å². The van der Waals surface area contributed by atoms with Crippen LogP contribution >= 0.6 is 0 Å². The number of hydrogen-bond acceptors (Lipinski definition) is 4. The third-order valence-corrected chi connectivity index (χ3v) is 8.02. The van der Waals surface area contributed by atoms with Gasteiger partial charge in [-0.2, -0.15) is 0 Å². The fourth-order valence-corrected chi connectivity index (χ4v) is 5.10. The first kappa shape index (κ1) is 30.9. The van der Waals surface area contributed by atoms with E-state index in [2.05, 4.69) is 53.7 Å². The molecule has 0 saturated heterocycles. The number of hydrogen-bond donors (Lipinski definition) is 1. The molecule has 0 spiro atoms. The van der Waals surface area contributed by atoms with Crippen molar-refractivity contribution in [2.24, 2.45) is 29.6 Å². The lowest BCUT2D eigenvalue weighted by Gasteiger charge is -2.37. The zero-order valence-corrected chi connectivity index (χ0v) is 23.1. The van der Waals surface area contributed by atoms with Gasteiger partial charge in [0.05, 0.1) is 12.2 Å². The summed E-state index contributed by atoms with van der Waals surface area (Å²) in [6, 6.07) is 0. The minimum Gasteiger partial charge on any atom is -0.550 e. The van der Waals surface area contributed by atoms with Gasteiger partial charge in [0.25, 0.3) is 0 Å². The summed E-state index contributed by atoms with van der Waals surface area (Å²) in [7, 11) is 0. The Balaban J connectivity index is 2.25. The molecule has 0 bridgehead atoms. The summed E-state index contributed by atoms with van der Waals surface area (Å²) in [6.07, 6.45) is 15.2. The van der Waals surface area contributed by atoms with Gasteiger partial charge in [0, 0.05) is 12.6 Å². The quantitative estimate of drug-likeness (QED) is 0.244. The standard InChI is InChI=1S/C30H54O4/c1-8-34-29-26(7)25(6)28(31)20-27(29)19-18-23(4)15-10-14-21(2)12-9-13-22(3)16-11-17-24(5)30(32)33/h16,20-21,23-26,28-29,31H,8-15,17-19H2,1-7H3,(H,32,33)/p-1/b22-16+. The second-order valence-electron chi connectivity index (χ2n) is 11.2. The van der Waals surface area contributed by atoms with Crippen LogP contribution in [0.1, 0.15) is 113 Å². The molecule has 1 rings (SSSR count). The summed E-state index contributed by atoms with van der Waals surface area (Å²) in [5.41, 5.74) is 2.68. The van der Waals surface area contributed by atoms with Crippen molar-refractivity contribution in [1.82, 2.24) is 0 Å². The Morgan fingerprint density at radius 3 is 2.29 bits per heavy atom. The number of carbonyl (C=O) groups excluding carboxylic acids is 1. The number of aliphatic hydroxyl groups excluding tert-OH is 1. The number of aliphatic hydroxyl groups is 1. The maximum absolute atomic E-state index is 10.8. The fourth-order valence-electron chi connectivity index (χ4n) is 5.10. The van der Waals surface area contributed by atoms with E-state index < -0.39 is 5.97 Å². The van der Waals surface area contributed by atoms with E-state index in [1.165, 1.54) is 43.3 Å². The monoisotopic (exact) mass is 477 g/mol. The first-order chi connectivity index (χ1) is 16.1. The Kier molecular flexibility index (Phi) is 15.0. The molecule has 198 valence electrons. The van der Waals surface area contributed by atoms with E-state index in [-0.39, 0.29) is 24.0 Å². The highest BCUT2D eigenvalue weighted by Crippen LogP contribution is 2.35. The zero-order chi connectivity index (χ0) is 25.7. The summed E-state index contributed by atoms with van der Waals surface area (Å²) in [6.45, 7) is 15.7. The van der Waals surface area contributed by atoms with E-state index in [0.717, 1.165) is 38.2 Å². The van der Waals surface area contributed by atoms with Gasteiger partial charge < -0.3 is 19.7 Å². The molecule has 0 aromatic carbocycles. The SMILES string of the molecule is CCOC1C(CCC(C)CCCC(C)CCC/C(C)=C/CCC(C)C(=O)[O-])=CC(O)C(C)C1C. The lowest BCUT2D eigenvalue weighted by Crippen LogP contribution is -2.39. The third kappa shape index (κ3) is 11.5. The summed E-state index contributed by atoms with van der Waals surface area (Å²) in [4.78, 5) is 10.8. The van der Waals surface area contributed by atoms with Crippen molar-refractivity contribution in [1.29, 1.82) is 0 Å². The third-order valence-electron chi connectivity index (χ3n) is 8.02. The summed E-state index contributed by atoms with van der Waals surface area (Å²) in [5, 5.41) is 21.2. The Bertz CT molecular complexity index is 638. The van der Waals surface area contributed by atoms with Crippen molar-refractivity contribution in [3.63, 3.8) is 0 Å². The molecular weight excluding hydrogens is 424 g/mol. The molecule has 0 aromatic heterocycles. The molecule has 0 radical (unpaired) electrons. The highest BCUT2D eigenvalue weighted by atomic mass is 16.5. The number of carboxylic acids is 1. The van der Waals surface area contributed by atoms with E-state index in [9.17, 15) is 15.0 Å². The average molecular weight is 478 g/mol. The first-order valence-corrected chi connectivity index (χ1v) is 13.9. The molecular formula is C30H53O4-. The Morgan fingerprint density at radius 1 is 1.06 bits per heavy atom. The summed E-state index contributed by atoms with van der Waals surface area (Å²) < 4.78 is 6.06. The lowest BCUT2D eigenvalue weighted by atomic mass is 9.76. The molecule has 7 atom stereocenters. The molecule has 4 nitrogen and oxygen atoms in total. The van der Waals surface area contributed by atoms with Crippen molar-refractivity contribution in [3.05, 3.63) is 23.3 Å². The molecule has 1 aliphatic rings. The van der Waals surface area contributed by atoms with Crippen LogP contribution < -0.4 is 5.11 Å². The maximum atomic E-state index is 10.8. The molecule has 34 heavy (non-hydrogen) atoms. The van der Waals surface area contributed by atoms with E-state index in [0.29, 0.717) is 18.3 Å². The molecule has 1 N–H and O–H groups in total. The molecule has 0 amide bonds. The molecule has 7 unspecified atom stereocenters. The molecule has 0 aliphatic heterocycles. The predicted molar refractivity (Wildman–Crippen MR) is 140 cm³/mol. The van der Waals surface area contributed by atoms with Crippen molar-refractivity contribution < 1.29 is 19.7 Å². The summed E-state index contributed by atoms with van der Waals surface area (Å²) >= 11 is 0. The molecule has 0 saturated carbocycles. The van der Waals surface area contributed by atoms with Crippen molar-refractivity contribution in [2.45, 2.75) is 125 Å². The summed E-state index contributed by atoms with van der Waals surface area (Å²) in [5.74, 6) is 0.732. The second-order valence-corrected chi connectivity index (χ2v) is 11.2. The van der Waals surface area contributed by atoms with E-state index >= 15 is 0 Å². The van der Waals surface area contributed by atoms with Crippen LogP contribution in [-0.4, -0.2) is 29.9 Å². The van der Waals surface area contributed by atoms with Crippen LogP contribution in [0.25, 0.3) is 0 Å². The van der Waals surface area contributed by atoms with Crippen LogP contribution in [0.15, 0.2) is 23.3 Å². The van der Waals surface area contributed by atoms with E-state index in [4.69, 9.17) is 4.74 Å². The number of ether oxygens (including phenoxy) is 1. The van der Waals surface area contributed by atoms with Crippen LogP contribution in [-0.2, 0) is 9.53 Å². The van der Waals surface area contributed by atoms with Crippen molar-refractivity contribution >= 4 is 5.97 Å². The van der Waals surface area contributed by atoms with Crippen molar-refractivity contribution in [2.75, 3.05) is 6.61 Å². The van der Waals surface area contributed by atoms with Gasteiger partial charge >= 0.3 is 0 Å². The van der Waals surface area contributed by atoms with Crippen LogP contribution in [0, 0.1) is 29.6 Å². The van der Waals surface area contributed by atoms with Crippen LogP contribution in [0.2, 0.25) is 0 Å². The average Bonchev–Trinajstić information content (AvgIpc) is 2.78. The molecule has 1 aliphatic carbocycles. The van der Waals surface area contributed by atoms with Gasteiger partial charge in [0.15, 0.2) is 0 Å². The first-order valence-electron chi connectivity index (χ1n) is 13.9. The van der Waals surface area contributed by atoms with Crippen molar-refractivity contribution in [3.8, 4) is 0 Å². The van der Waals surface area contributed by atoms with Gasteiger partial charge in [0.2, 0.25) is 0 Å². The van der Waals surface area contributed by atoms with E-state index in [1.807, 2.05) is 0 Å². The molecule has 0 aromatic rings. The highest BCUT2D eigenvalue weighted by Gasteiger charge is 2.34. The minimum atomic E-state index is -0.946. The topological polar surface area (TPSA) is 69.6 Å². The number of aliphatic carboxylic acids is 1. The number of allylic oxidation sites excluding steroid dienone is 2. The second kappa shape index (κ2) is 16.5. The van der Waals surface area contributed by atoms with Crippen LogP contribution in [0.4, 0.5) is 0 Å². The van der Waals surface area contributed by atoms with E-state index in [1.54, 1.807) is 6.92 Å². The van der Waals surface area contributed by atoms with Gasteiger partial charge in [-0.25, -0.2) is 0 Å². The maximum Gasteiger partial charge on any atom is 0.0814 e. The molecule has 4 heteroatoms. The largest absolute Gasteiger partial charge is 0.550 e. The van der Waals surface area contributed by atoms with Gasteiger partial charge in [-0.15, -0.1) is 0 Å². The molecule has 0 heterocycles. The van der Waals surface area contributed by atoms with Gasteiger partial charge in [0.1, 0.15) is 0 Å². The lowest BCUT2D eigenvalue weighted by molar-refractivity contribution is -0.311. The number of carbonyl (C=O) groups is 1. The molecule has 0 fully saturated rings. The number of carboxylic acid groups (broad SMARTS) is 1. The normalized spacial score (nSPS) is 26.1. The smallest absolute Gasteiger partial charge is 0.0814 e. The van der Waals surface area contributed by atoms with Gasteiger partial charge in [-0.1, -0.05) is 78.0 Å². The Labute approximate surface area is 210 Å². The number of rotatable bonds is 17. The zero-order valence-electron chi connectivity index (χ0n) is 23.1.